The fourth-order valence-electron chi connectivity index (χ4n) is 3.37. The quantitative estimate of drug-likeness (QED) is 0.467. The second-order valence-electron chi connectivity index (χ2n) is 9.25. The summed E-state index contributed by atoms with van der Waals surface area (Å²) < 4.78 is 5.42. The van der Waals surface area contributed by atoms with Crippen LogP contribution in [0.3, 0.4) is 0 Å². The maximum atomic E-state index is 13.0. The van der Waals surface area contributed by atoms with E-state index in [0.29, 0.717) is 18.9 Å². The Morgan fingerprint density at radius 2 is 1.86 bits per heavy atom. The first-order valence-electron chi connectivity index (χ1n) is 10.5. The monoisotopic (exact) mass is 397 g/mol. The number of alkyl carbamates (subject to hydrolysis) is 1. The summed E-state index contributed by atoms with van der Waals surface area (Å²) in [6.45, 7) is 14.3. The SMILES string of the molecule is CCCCNC(=O)[C@@H](NC(=O)C(C)(C)C[C@@H]1OC(=O)N[C@H]1CC(C)C)C(C)C. The van der Waals surface area contributed by atoms with Gasteiger partial charge >= 0.3 is 6.09 Å². The zero-order valence-corrected chi connectivity index (χ0v) is 18.6. The van der Waals surface area contributed by atoms with Gasteiger partial charge in [0.15, 0.2) is 0 Å². The second kappa shape index (κ2) is 10.7. The minimum Gasteiger partial charge on any atom is -0.444 e. The summed E-state index contributed by atoms with van der Waals surface area (Å²) in [5, 5.41) is 8.65. The molecule has 3 N–H and O–H groups in total. The fraction of sp³-hybridized carbons (Fsp3) is 0.857. The summed E-state index contributed by atoms with van der Waals surface area (Å²) in [6, 6.07) is -0.683. The van der Waals surface area contributed by atoms with Crippen LogP contribution in [0, 0.1) is 17.3 Å². The highest BCUT2D eigenvalue weighted by molar-refractivity contribution is 5.90. The van der Waals surface area contributed by atoms with Crippen LogP contribution in [0.4, 0.5) is 4.79 Å². The molecule has 0 saturated carbocycles. The molecule has 7 nitrogen and oxygen atoms in total. The molecule has 1 rings (SSSR count). The summed E-state index contributed by atoms with van der Waals surface area (Å²) in [5.74, 6) is 0.0203. The number of cyclic esters (lactones) is 1. The highest BCUT2D eigenvalue weighted by Crippen LogP contribution is 2.30. The maximum Gasteiger partial charge on any atom is 0.407 e. The van der Waals surface area contributed by atoms with E-state index in [2.05, 4.69) is 36.7 Å². The van der Waals surface area contributed by atoms with Crippen molar-refractivity contribution in [3.63, 3.8) is 0 Å². The predicted molar refractivity (Wildman–Crippen MR) is 110 cm³/mol. The minimum atomic E-state index is -0.775. The van der Waals surface area contributed by atoms with Crippen molar-refractivity contribution in [2.45, 2.75) is 92.3 Å². The van der Waals surface area contributed by atoms with E-state index in [1.165, 1.54) is 0 Å². The van der Waals surface area contributed by atoms with E-state index < -0.39 is 17.6 Å². The van der Waals surface area contributed by atoms with Gasteiger partial charge in [-0.1, -0.05) is 54.9 Å². The number of amides is 3. The van der Waals surface area contributed by atoms with E-state index in [4.69, 9.17) is 4.74 Å². The number of nitrogens with one attached hydrogen (secondary N) is 3. The van der Waals surface area contributed by atoms with Gasteiger partial charge in [0.25, 0.3) is 0 Å². The molecule has 28 heavy (non-hydrogen) atoms. The van der Waals surface area contributed by atoms with Crippen LogP contribution in [-0.4, -0.2) is 42.6 Å². The molecule has 0 radical (unpaired) electrons. The lowest BCUT2D eigenvalue weighted by Gasteiger charge is -2.31. The van der Waals surface area contributed by atoms with E-state index in [9.17, 15) is 14.4 Å². The largest absolute Gasteiger partial charge is 0.444 e. The van der Waals surface area contributed by atoms with Gasteiger partial charge in [-0.15, -0.1) is 0 Å². The Hall–Kier alpha value is -1.79. The standard InChI is InChI=1S/C21H39N3O4/c1-8-9-10-22-18(25)17(14(4)5)24-19(26)21(6,7)12-16-15(11-13(2)3)23-20(27)28-16/h13-17H,8-12H2,1-7H3,(H,22,25)(H,23,27)(H,24,26)/t15-,16-,17-/m0/s1. The number of unbranched alkanes of at least 4 members (excludes halogenated alkanes) is 1. The number of ether oxygens (including phenoxy) is 1. The number of hydrogen-bond donors (Lipinski definition) is 3. The van der Waals surface area contributed by atoms with Gasteiger partial charge in [-0.25, -0.2) is 4.79 Å². The first-order chi connectivity index (χ1) is 13.0. The van der Waals surface area contributed by atoms with Gasteiger partial charge in [0.2, 0.25) is 11.8 Å². The Bertz CT molecular complexity index is 546. The Morgan fingerprint density at radius 3 is 2.39 bits per heavy atom. The molecule has 3 amide bonds. The van der Waals surface area contributed by atoms with E-state index in [-0.39, 0.29) is 29.9 Å². The van der Waals surface area contributed by atoms with Crippen LogP contribution in [-0.2, 0) is 14.3 Å². The summed E-state index contributed by atoms with van der Waals surface area (Å²) in [4.78, 5) is 37.1. The van der Waals surface area contributed by atoms with Gasteiger partial charge in [-0.05, 0) is 24.7 Å². The van der Waals surface area contributed by atoms with Crippen LogP contribution in [0.2, 0.25) is 0 Å². The Labute approximate surface area is 169 Å². The Balaban J connectivity index is 2.75. The number of carbonyl (C=O) groups excluding carboxylic acids is 3. The minimum absolute atomic E-state index is 0.0268. The maximum absolute atomic E-state index is 13.0. The summed E-state index contributed by atoms with van der Waals surface area (Å²) in [6.07, 6.45) is 2.32. The van der Waals surface area contributed by atoms with Crippen LogP contribution < -0.4 is 16.0 Å². The molecule has 7 heteroatoms. The zero-order chi connectivity index (χ0) is 21.5. The lowest BCUT2D eigenvalue weighted by atomic mass is 9.82. The zero-order valence-electron chi connectivity index (χ0n) is 18.6. The van der Waals surface area contributed by atoms with Crippen molar-refractivity contribution in [1.82, 2.24) is 16.0 Å². The summed E-state index contributed by atoms with van der Waals surface area (Å²) in [5.41, 5.74) is -0.775. The van der Waals surface area contributed by atoms with Crippen LogP contribution in [0.5, 0.6) is 0 Å². The van der Waals surface area contributed by atoms with Gasteiger partial charge < -0.3 is 20.7 Å². The van der Waals surface area contributed by atoms with Gasteiger partial charge in [0, 0.05) is 18.4 Å². The lowest BCUT2D eigenvalue weighted by molar-refractivity contribution is -0.136. The molecule has 1 saturated heterocycles. The third-order valence-electron chi connectivity index (χ3n) is 5.13. The first kappa shape index (κ1) is 24.2. The number of rotatable bonds is 11. The van der Waals surface area contributed by atoms with E-state index in [0.717, 1.165) is 19.3 Å². The molecule has 1 aliphatic rings. The van der Waals surface area contributed by atoms with Crippen molar-refractivity contribution in [3.05, 3.63) is 0 Å². The first-order valence-corrected chi connectivity index (χ1v) is 10.5. The third-order valence-corrected chi connectivity index (χ3v) is 5.13. The molecule has 0 unspecified atom stereocenters. The molecule has 3 atom stereocenters. The fourth-order valence-corrected chi connectivity index (χ4v) is 3.37. The summed E-state index contributed by atoms with van der Waals surface area (Å²) >= 11 is 0. The molecular formula is C21H39N3O4. The van der Waals surface area contributed by atoms with Crippen molar-refractivity contribution in [3.8, 4) is 0 Å². The van der Waals surface area contributed by atoms with Crippen molar-refractivity contribution in [1.29, 1.82) is 0 Å². The highest BCUT2D eigenvalue weighted by Gasteiger charge is 2.41. The number of carbonyl (C=O) groups is 3. The third kappa shape index (κ3) is 7.32. The molecular weight excluding hydrogens is 358 g/mol. The molecule has 0 aliphatic carbocycles. The van der Waals surface area contributed by atoms with Crippen LogP contribution in [0.1, 0.15) is 74.1 Å². The van der Waals surface area contributed by atoms with Crippen LogP contribution in [0.25, 0.3) is 0 Å². The van der Waals surface area contributed by atoms with Crippen molar-refractivity contribution >= 4 is 17.9 Å². The molecule has 0 bridgehead atoms. The van der Waals surface area contributed by atoms with Gasteiger partial charge in [0.1, 0.15) is 12.1 Å². The molecule has 0 aromatic rings. The molecule has 1 heterocycles. The Kier molecular flexibility index (Phi) is 9.24. The lowest BCUT2D eigenvalue weighted by Crippen LogP contribution is -2.53. The average Bonchev–Trinajstić information content (AvgIpc) is 2.89. The number of hydrogen-bond acceptors (Lipinski definition) is 4. The molecule has 1 aliphatic heterocycles. The molecule has 1 fully saturated rings. The van der Waals surface area contributed by atoms with Crippen LogP contribution >= 0.6 is 0 Å². The summed E-state index contributed by atoms with van der Waals surface area (Å²) in [7, 11) is 0. The molecule has 0 spiro atoms. The average molecular weight is 398 g/mol. The van der Waals surface area contributed by atoms with Gasteiger partial charge in [-0.3, -0.25) is 9.59 Å². The Morgan fingerprint density at radius 1 is 1.21 bits per heavy atom. The van der Waals surface area contributed by atoms with Gasteiger partial charge in [-0.2, -0.15) is 0 Å². The highest BCUT2D eigenvalue weighted by atomic mass is 16.6. The predicted octanol–water partition coefficient (Wildman–Crippen LogP) is 2.98. The van der Waals surface area contributed by atoms with E-state index >= 15 is 0 Å². The second-order valence-corrected chi connectivity index (χ2v) is 9.25. The normalized spacial score (nSPS) is 20.7. The van der Waals surface area contributed by atoms with Crippen molar-refractivity contribution in [2.24, 2.45) is 17.3 Å². The van der Waals surface area contributed by atoms with Crippen molar-refractivity contribution < 1.29 is 19.1 Å². The molecule has 0 aromatic heterocycles. The molecule has 162 valence electrons. The topological polar surface area (TPSA) is 96.5 Å². The van der Waals surface area contributed by atoms with Gasteiger partial charge in [0.05, 0.1) is 6.04 Å². The van der Waals surface area contributed by atoms with Crippen LogP contribution in [0.15, 0.2) is 0 Å². The van der Waals surface area contributed by atoms with E-state index in [1.807, 2.05) is 27.7 Å². The molecule has 0 aromatic carbocycles. The van der Waals surface area contributed by atoms with Crippen molar-refractivity contribution in [2.75, 3.05) is 6.54 Å². The smallest absolute Gasteiger partial charge is 0.407 e. The van der Waals surface area contributed by atoms with E-state index in [1.54, 1.807) is 0 Å².